The van der Waals surface area contributed by atoms with Crippen molar-refractivity contribution in [1.29, 1.82) is 0 Å². The molecular weight excluding hydrogens is 164 g/mol. The maximum Gasteiger partial charge on any atom is 0.117 e. The van der Waals surface area contributed by atoms with Gasteiger partial charge in [0.2, 0.25) is 0 Å². The molecule has 1 fully saturated rings. The van der Waals surface area contributed by atoms with Gasteiger partial charge in [-0.1, -0.05) is 0 Å². The fourth-order valence-corrected chi connectivity index (χ4v) is 1.70. The predicted molar refractivity (Wildman–Crippen MR) is 51.4 cm³/mol. The van der Waals surface area contributed by atoms with Crippen LogP contribution in [-0.2, 0) is 6.54 Å². The van der Waals surface area contributed by atoms with Gasteiger partial charge in [0, 0.05) is 0 Å². The van der Waals surface area contributed by atoms with Gasteiger partial charge < -0.3 is 15.1 Å². The second-order valence-electron chi connectivity index (χ2n) is 3.57. The number of furan rings is 1. The third kappa shape index (κ3) is 2.57. The van der Waals surface area contributed by atoms with Crippen molar-refractivity contribution >= 4 is 0 Å². The van der Waals surface area contributed by atoms with E-state index < -0.39 is 0 Å². The van der Waals surface area contributed by atoms with Gasteiger partial charge in [0.1, 0.15) is 5.76 Å². The summed E-state index contributed by atoms with van der Waals surface area (Å²) in [4.78, 5) is 0. The summed E-state index contributed by atoms with van der Waals surface area (Å²) in [6.07, 6.45) is 3.01. The maximum atomic E-state index is 5.22. The average Bonchev–Trinajstić information content (AvgIpc) is 2.75. The molecule has 13 heavy (non-hydrogen) atoms. The van der Waals surface area contributed by atoms with Gasteiger partial charge in [0.05, 0.1) is 12.8 Å². The quantitative estimate of drug-likeness (QED) is 0.725. The molecule has 0 bridgehead atoms. The minimum Gasteiger partial charge on any atom is -0.468 e. The van der Waals surface area contributed by atoms with Crippen LogP contribution in [0.25, 0.3) is 0 Å². The van der Waals surface area contributed by atoms with Crippen molar-refractivity contribution in [2.45, 2.75) is 13.0 Å². The van der Waals surface area contributed by atoms with E-state index in [4.69, 9.17) is 4.42 Å². The predicted octanol–water partition coefficient (Wildman–Crippen LogP) is 0.979. The van der Waals surface area contributed by atoms with Gasteiger partial charge in [-0.05, 0) is 44.1 Å². The van der Waals surface area contributed by atoms with Gasteiger partial charge in [-0.3, -0.25) is 0 Å². The summed E-state index contributed by atoms with van der Waals surface area (Å²) in [6, 6.07) is 3.92. The van der Waals surface area contributed by atoms with E-state index in [2.05, 4.69) is 10.6 Å². The highest BCUT2D eigenvalue weighted by molar-refractivity contribution is 4.97. The maximum absolute atomic E-state index is 5.22. The molecule has 2 heterocycles. The van der Waals surface area contributed by atoms with E-state index >= 15 is 0 Å². The average molecular weight is 180 g/mol. The Hall–Kier alpha value is -0.800. The van der Waals surface area contributed by atoms with Gasteiger partial charge in [-0.25, -0.2) is 0 Å². The van der Waals surface area contributed by atoms with Gasteiger partial charge in [-0.15, -0.1) is 0 Å². The molecule has 1 aliphatic heterocycles. The van der Waals surface area contributed by atoms with Crippen LogP contribution in [0.4, 0.5) is 0 Å². The van der Waals surface area contributed by atoms with Crippen molar-refractivity contribution in [3.63, 3.8) is 0 Å². The van der Waals surface area contributed by atoms with E-state index in [-0.39, 0.29) is 0 Å². The first-order valence-corrected chi connectivity index (χ1v) is 4.89. The first-order chi connectivity index (χ1) is 6.45. The molecule has 0 radical (unpaired) electrons. The first-order valence-electron chi connectivity index (χ1n) is 4.89. The highest BCUT2D eigenvalue weighted by Crippen LogP contribution is 2.06. The molecule has 2 rings (SSSR count). The van der Waals surface area contributed by atoms with Crippen molar-refractivity contribution in [3.8, 4) is 0 Å². The molecule has 3 heteroatoms. The molecule has 0 spiro atoms. The molecule has 1 atom stereocenters. The zero-order valence-corrected chi connectivity index (χ0v) is 7.75. The molecule has 1 aromatic heterocycles. The molecule has 3 nitrogen and oxygen atoms in total. The monoisotopic (exact) mass is 180 g/mol. The normalized spacial score (nSPS) is 22.3. The van der Waals surface area contributed by atoms with Crippen LogP contribution in [0.15, 0.2) is 22.8 Å². The van der Waals surface area contributed by atoms with Crippen LogP contribution < -0.4 is 10.6 Å². The third-order valence-corrected chi connectivity index (χ3v) is 2.47. The van der Waals surface area contributed by atoms with Crippen LogP contribution in [0, 0.1) is 5.92 Å². The van der Waals surface area contributed by atoms with Crippen LogP contribution in [0.5, 0.6) is 0 Å². The van der Waals surface area contributed by atoms with Crippen molar-refractivity contribution in [1.82, 2.24) is 10.6 Å². The minimum atomic E-state index is 0.801. The molecule has 72 valence electrons. The van der Waals surface area contributed by atoms with Gasteiger partial charge in [0.15, 0.2) is 0 Å². The zero-order valence-electron chi connectivity index (χ0n) is 7.75. The standard InChI is InChI=1S/C10H16N2O/c1-2-10(13-5-1)8-12-7-9-3-4-11-6-9/h1-2,5,9,11-12H,3-4,6-8H2. The highest BCUT2D eigenvalue weighted by atomic mass is 16.3. The lowest BCUT2D eigenvalue weighted by Gasteiger charge is -2.08. The summed E-state index contributed by atoms with van der Waals surface area (Å²) in [5.41, 5.74) is 0. The van der Waals surface area contributed by atoms with E-state index in [1.54, 1.807) is 6.26 Å². The molecule has 0 aromatic carbocycles. The minimum absolute atomic E-state index is 0.801. The molecule has 1 aromatic rings. The van der Waals surface area contributed by atoms with E-state index in [9.17, 15) is 0 Å². The van der Waals surface area contributed by atoms with Crippen LogP contribution >= 0.6 is 0 Å². The Labute approximate surface area is 78.5 Å². The fraction of sp³-hybridized carbons (Fsp3) is 0.600. The Bertz CT molecular complexity index is 227. The van der Waals surface area contributed by atoms with Crippen molar-refractivity contribution in [2.24, 2.45) is 5.92 Å². The first kappa shape index (κ1) is 8.78. The SMILES string of the molecule is c1coc(CNCC2CCNC2)c1. The molecule has 0 saturated carbocycles. The highest BCUT2D eigenvalue weighted by Gasteiger charge is 2.13. The number of nitrogens with one attached hydrogen (secondary N) is 2. The number of hydrogen-bond donors (Lipinski definition) is 2. The Morgan fingerprint density at radius 3 is 3.31 bits per heavy atom. The van der Waals surface area contributed by atoms with E-state index in [0.717, 1.165) is 31.3 Å². The summed E-state index contributed by atoms with van der Waals surface area (Å²) >= 11 is 0. The van der Waals surface area contributed by atoms with Crippen LogP contribution in [-0.4, -0.2) is 19.6 Å². The topological polar surface area (TPSA) is 37.2 Å². The van der Waals surface area contributed by atoms with Crippen molar-refractivity contribution < 1.29 is 4.42 Å². The second kappa shape index (κ2) is 4.44. The molecule has 1 aliphatic rings. The molecule has 0 aliphatic carbocycles. The molecule has 2 N–H and O–H groups in total. The lowest BCUT2D eigenvalue weighted by Crippen LogP contribution is -2.23. The number of hydrogen-bond acceptors (Lipinski definition) is 3. The molecule has 1 unspecified atom stereocenters. The summed E-state index contributed by atoms with van der Waals surface area (Å²) < 4.78 is 5.22. The Kier molecular flexibility index (Phi) is 3.00. The summed E-state index contributed by atoms with van der Waals surface area (Å²) in [5, 5.41) is 6.75. The van der Waals surface area contributed by atoms with Gasteiger partial charge in [-0.2, -0.15) is 0 Å². The van der Waals surface area contributed by atoms with Crippen LogP contribution in [0.3, 0.4) is 0 Å². The summed E-state index contributed by atoms with van der Waals surface area (Å²) in [5.74, 6) is 1.82. The number of rotatable bonds is 4. The smallest absolute Gasteiger partial charge is 0.117 e. The molecule has 0 amide bonds. The van der Waals surface area contributed by atoms with Crippen molar-refractivity contribution in [3.05, 3.63) is 24.2 Å². The van der Waals surface area contributed by atoms with E-state index in [1.165, 1.54) is 13.0 Å². The zero-order chi connectivity index (χ0) is 8.93. The lowest BCUT2D eigenvalue weighted by atomic mass is 10.1. The fourth-order valence-electron chi connectivity index (χ4n) is 1.70. The van der Waals surface area contributed by atoms with Crippen LogP contribution in [0.2, 0.25) is 0 Å². The summed E-state index contributed by atoms with van der Waals surface area (Å²) in [6.45, 7) is 4.27. The molecule has 1 saturated heterocycles. The van der Waals surface area contributed by atoms with Crippen molar-refractivity contribution in [2.75, 3.05) is 19.6 Å². The van der Waals surface area contributed by atoms with Crippen LogP contribution in [0.1, 0.15) is 12.2 Å². The molecular formula is C10H16N2O. The third-order valence-electron chi connectivity index (χ3n) is 2.47. The second-order valence-corrected chi connectivity index (χ2v) is 3.57. The summed E-state index contributed by atoms with van der Waals surface area (Å²) in [7, 11) is 0. The van der Waals surface area contributed by atoms with Gasteiger partial charge in [0.25, 0.3) is 0 Å². The Balaban J connectivity index is 1.63. The van der Waals surface area contributed by atoms with E-state index in [1.807, 2.05) is 12.1 Å². The van der Waals surface area contributed by atoms with E-state index in [0.29, 0.717) is 0 Å². The van der Waals surface area contributed by atoms with Gasteiger partial charge >= 0.3 is 0 Å². The Morgan fingerprint density at radius 2 is 2.62 bits per heavy atom. The Morgan fingerprint density at radius 1 is 1.62 bits per heavy atom. The largest absolute Gasteiger partial charge is 0.468 e. The lowest BCUT2D eigenvalue weighted by molar-refractivity contribution is 0.453.